The third-order valence-corrected chi connectivity index (χ3v) is 2.77. The van der Waals surface area contributed by atoms with Crippen molar-refractivity contribution in [3.05, 3.63) is 42.0 Å². The molecule has 0 unspecified atom stereocenters. The van der Waals surface area contributed by atoms with Crippen molar-refractivity contribution in [2.75, 3.05) is 18.9 Å². The summed E-state index contributed by atoms with van der Waals surface area (Å²) in [6.45, 7) is 0.557. The number of aryl methyl sites for hydroxylation is 1. The first-order valence-corrected chi connectivity index (χ1v) is 6.09. The average molecular weight is 259 g/mol. The molecule has 0 aliphatic heterocycles. The zero-order valence-electron chi connectivity index (χ0n) is 11.1. The van der Waals surface area contributed by atoms with Gasteiger partial charge in [-0.2, -0.15) is 5.10 Å². The van der Waals surface area contributed by atoms with E-state index < -0.39 is 0 Å². The van der Waals surface area contributed by atoms with Crippen molar-refractivity contribution in [2.24, 2.45) is 7.05 Å². The summed E-state index contributed by atoms with van der Waals surface area (Å²) in [7, 11) is 3.64. The summed E-state index contributed by atoms with van der Waals surface area (Å²) in [6, 6.07) is 3.64. The SMILES string of the molecule is CNc1cnccc1C(=O)NCCc1ccn(C)n1. The van der Waals surface area contributed by atoms with Gasteiger partial charge < -0.3 is 10.6 Å². The normalized spacial score (nSPS) is 10.2. The van der Waals surface area contributed by atoms with Crippen LogP contribution >= 0.6 is 0 Å². The number of hydrogen-bond donors (Lipinski definition) is 2. The number of carbonyl (C=O) groups is 1. The van der Waals surface area contributed by atoms with E-state index in [1.807, 2.05) is 19.3 Å². The van der Waals surface area contributed by atoms with E-state index in [1.54, 1.807) is 30.2 Å². The second kappa shape index (κ2) is 5.99. The second-order valence-corrected chi connectivity index (χ2v) is 4.16. The van der Waals surface area contributed by atoms with Gasteiger partial charge in [-0.25, -0.2) is 0 Å². The maximum Gasteiger partial charge on any atom is 0.253 e. The van der Waals surface area contributed by atoms with Crippen LogP contribution in [0.15, 0.2) is 30.7 Å². The number of carbonyl (C=O) groups excluding carboxylic acids is 1. The third kappa shape index (κ3) is 3.31. The van der Waals surface area contributed by atoms with Crippen molar-refractivity contribution in [1.82, 2.24) is 20.1 Å². The topological polar surface area (TPSA) is 71.8 Å². The van der Waals surface area contributed by atoms with Gasteiger partial charge in [0.1, 0.15) is 0 Å². The highest BCUT2D eigenvalue weighted by atomic mass is 16.1. The molecule has 0 fully saturated rings. The molecule has 2 heterocycles. The first kappa shape index (κ1) is 13.1. The van der Waals surface area contributed by atoms with Crippen molar-refractivity contribution in [3.8, 4) is 0 Å². The summed E-state index contributed by atoms with van der Waals surface area (Å²) in [5.41, 5.74) is 2.28. The zero-order valence-corrected chi connectivity index (χ0v) is 11.1. The number of nitrogens with one attached hydrogen (secondary N) is 2. The molecule has 2 N–H and O–H groups in total. The summed E-state index contributed by atoms with van der Waals surface area (Å²) in [6.07, 6.45) is 5.84. The van der Waals surface area contributed by atoms with E-state index in [4.69, 9.17) is 0 Å². The number of aromatic nitrogens is 3. The van der Waals surface area contributed by atoms with E-state index in [1.165, 1.54) is 0 Å². The summed E-state index contributed by atoms with van der Waals surface area (Å²) < 4.78 is 1.75. The third-order valence-electron chi connectivity index (χ3n) is 2.77. The lowest BCUT2D eigenvalue weighted by Crippen LogP contribution is -2.26. The number of rotatable bonds is 5. The quantitative estimate of drug-likeness (QED) is 0.834. The first-order chi connectivity index (χ1) is 9.20. The van der Waals surface area contributed by atoms with Crippen LogP contribution in [0.4, 0.5) is 5.69 Å². The van der Waals surface area contributed by atoms with Crippen LogP contribution < -0.4 is 10.6 Å². The lowest BCUT2D eigenvalue weighted by atomic mass is 10.2. The van der Waals surface area contributed by atoms with E-state index in [-0.39, 0.29) is 5.91 Å². The van der Waals surface area contributed by atoms with Gasteiger partial charge in [0.05, 0.1) is 23.1 Å². The minimum Gasteiger partial charge on any atom is -0.386 e. The predicted molar refractivity (Wildman–Crippen MR) is 73.0 cm³/mol. The maximum atomic E-state index is 12.0. The molecule has 6 nitrogen and oxygen atoms in total. The largest absolute Gasteiger partial charge is 0.386 e. The highest BCUT2D eigenvalue weighted by Gasteiger charge is 2.09. The van der Waals surface area contributed by atoms with Crippen LogP contribution in [0.3, 0.4) is 0 Å². The fourth-order valence-corrected chi connectivity index (χ4v) is 1.79. The van der Waals surface area contributed by atoms with Crippen molar-refractivity contribution in [2.45, 2.75) is 6.42 Å². The molecule has 0 saturated heterocycles. The van der Waals surface area contributed by atoms with Crippen molar-refractivity contribution in [3.63, 3.8) is 0 Å². The lowest BCUT2D eigenvalue weighted by molar-refractivity contribution is 0.0955. The van der Waals surface area contributed by atoms with E-state index >= 15 is 0 Å². The fourth-order valence-electron chi connectivity index (χ4n) is 1.79. The monoisotopic (exact) mass is 259 g/mol. The number of pyridine rings is 1. The Kier molecular flexibility index (Phi) is 4.12. The highest BCUT2D eigenvalue weighted by Crippen LogP contribution is 2.11. The molecule has 0 atom stereocenters. The minimum atomic E-state index is -0.109. The molecule has 0 radical (unpaired) electrons. The molecule has 1 amide bonds. The standard InChI is InChI=1S/C13H17N5O/c1-14-12-9-15-6-4-11(12)13(19)16-7-3-10-5-8-18(2)17-10/h4-6,8-9,14H,3,7H2,1-2H3,(H,16,19). The molecule has 0 aliphatic rings. The van der Waals surface area contributed by atoms with Gasteiger partial charge >= 0.3 is 0 Å². The van der Waals surface area contributed by atoms with E-state index in [2.05, 4.69) is 20.7 Å². The van der Waals surface area contributed by atoms with E-state index in [0.717, 1.165) is 11.4 Å². The van der Waals surface area contributed by atoms with Crippen LogP contribution in [0.5, 0.6) is 0 Å². The Balaban J connectivity index is 1.90. The number of nitrogens with zero attached hydrogens (tertiary/aromatic N) is 3. The molecule has 100 valence electrons. The van der Waals surface area contributed by atoms with Crippen molar-refractivity contribution < 1.29 is 4.79 Å². The van der Waals surface area contributed by atoms with Gasteiger partial charge in [-0.1, -0.05) is 0 Å². The fraction of sp³-hybridized carbons (Fsp3) is 0.308. The number of hydrogen-bond acceptors (Lipinski definition) is 4. The van der Waals surface area contributed by atoms with Gasteiger partial charge in [-0.15, -0.1) is 0 Å². The summed E-state index contributed by atoms with van der Waals surface area (Å²) >= 11 is 0. The Hall–Kier alpha value is -2.37. The van der Waals surface area contributed by atoms with E-state index in [9.17, 15) is 4.79 Å². The van der Waals surface area contributed by atoms with Crippen molar-refractivity contribution >= 4 is 11.6 Å². The van der Waals surface area contributed by atoms with Crippen molar-refractivity contribution in [1.29, 1.82) is 0 Å². The Morgan fingerprint density at radius 1 is 1.42 bits per heavy atom. The molecule has 0 saturated carbocycles. The Labute approximate surface area is 111 Å². The van der Waals surface area contributed by atoms with Crippen LogP contribution in [0.2, 0.25) is 0 Å². The Bertz CT molecular complexity index is 564. The van der Waals surface area contributed by atoms with Crippen LogP contribution in [0.1, 0.15) is 16.1 Å². The van der Waals surface area contributed by atoms with Gasteiger partial charge in [-0.05, 0) is 12.1 Å². The molecular weight excluding hydrogens is 242 g/mol. The summed E-state index contributed by atoms with van der Waals surface area (Å²) in [4.78, 5) is 16.0. The first-order valence-electron chi connectivity index (χ1n) is 6.09. The zero-order chi connectivity index (χ0) is 13.7. The van der Waals surface area contributed by atoms with Crippen LogP contribution in [0, 0.1) is 0 Å². The predicted octanol–water partition coefficient (Wildman–Crippen LogP) is 0.829. The van der Waals surface area contributed by atoms with Gasteiger partial charge in [0.15, 0.2) is 0 Å². The molecular formula is C13H17N5O. The molecule has 0 spiro atoms. The number of anilines is 1. The Morgan fingerprint density at radius 3 is 2.95 bits per heavy atom. The molecule has 6 heteroatoms. The summed E-state index contributed by atoms with van der Waals surface area (Å²) in [5, 5.41) is 10.1. The maximum absolute atomic E-state index is 12.0. The molecule has 19 heavy (non-hydrogen) atoms. The van der Waals surface area contributed by atoms with Gasteiger partial charge in [0.25, 0.3) is 5.91 Å². The van der Waals surface area contributed by atoms with Gasteiger partial charge in [0.2, 0.25) is 0 Å². The minimum absolute atomic E-state index is 0.109. The van der Waals surface area contributed by atoms with Crippen LogP contribution in [0.25, 0.3) is 0 Å². The summed E-state index contributed by atoms with van der Waals surface area (Å²) in [5.74, 6) is -0.109. The molecule has 2 aromatic rings. The number of amides is 1. The average Bonchev–Trinajstić information content (AvgIpc) is 2.84. The molecule has 0 aromatic carbocycles. The Morgan fingerprint density at radius 2 is 2.26 bits per heavy atom. The van der Waals surface area contributed by atoms with Gasteiger partial charge in [-0.3, -0.25) is 14.5 Å². The smallest absolute Gasteiger partial charge is 0.253 e. The molecule has 0 aliphatic carbocycles. The lowest BCUT2D eigenvalue weighted by Gasteiger charge is -2.08. The highest BCUT2D eigenvalue weighted by molar-refractivity contribution is 5.99. The second-order valence-electron chi connectivity index (χ2n) is 4.16. The van der Waals surface area contributed by atoms with Gasteiger partial charge in [0, 0.05) is 39.5 Å². The molecule has 2 aromatic heterocycles. The van der Waals surface area contributed by atoms with E-state index in [0.29, 0.717) is 18.5 Å². The molecule has 0 bridgehead atoms. The molecule has 2 rings (SSSR count). The van der Waals surface area contributed by atoms with Crippen LogP contribution in [-0.2, 0) is 13.5 Å². The van der Waals surface area contributed by atoms with Crippen LogP contribution in [-0.4, -0.2) is 34.3 Å².